The van der Waals surface area contributed by atoms with Crippen molar-refractivity contribution in [3.05, 3.63) is 59.7 Å². The number of aliphatic hydroxyl groups excluding tert-OH is 1. The van der Waals surface area contributed by atoms with Gasteiger partial charge >= 0.3 is 0 Å². The van der Waals surface area contributed by atoms with E-state index in [-0.39, 0.29) is 25.5 Å². The summed E-state index contributed by atoms with van der Waals surface area (Å²) >= 11 is 0. The molecule has 4 rings (SSSR count). The van der Waals surface area contributed by atoms with E-state index in [2.05, 4.69) is 50.0 Å². The number of aliphatic hydroxyl groups is 1. The van der Waals surface area contributed by atoms with Crippen molar-refractivity contribution in [2.45, 2.75) is 38.9 Å². The summed E-state index contributed by atoms with van der Waals surface area (Å²) in [6.07, 6.45) is 0.741. The Hall–Kier alpha value is -3.59. The standard InChI is InChI=1S/C23H28N6O3/c1-3-18(13-30)26-23-28-21(24-12-16-9-10-19-20(11-16)32-14-31-19)27-22(29-23)25-15(2)17-7-5-4-6-8-17/h4-11,15,18,30H,3,12-14H2,1-2H3,(H3,24,25,26,27,28,29)/t15?,18-/m1/s1. The summed E-state index contributed by atoms with van der Waals surface area (Å²) in [5.41, 5.74) is 2.14. The molecule has 0 spiro atoms. The second kappa shape index (κ2) is 10.1. The first kappa shape index (κ1) is 21.6. The van der Waals surface area contributed by atoms with E-state index >= 15 is 0 Å². The van der Waals surface area contributed by atoms with Crippen molar-refractivity contribution in [1.29, 1.82) is 0 Å². The van der Waals surface area contributed by atoms with Crippen molar-refractivity contribution in [2.75, 3.05) is 29.4 Å². The molecule has 2 atom stereocenters. The maximum absolute atomic E-state index is 9.56. The molecule has 9 heteroatoms. The number of nitrogens with zero attached hydrogens (tertiary/aromatic N) is 3. The summed E-state index contributed by atoms with van der Waals surface area (Å²) in [7, 11) is 0. The molecule has 0 aliphatic carbocycles. The van der Waals surface area contributed by atoms with Crippen LogP contribution in [0.15, 0.2) is 48.5 Å². The Morgan fingerprint density at radius 3 is 2.41 bits per heavy atom. The lowest BCUT2D eigenvalue weighted by Crippen LogP contribution is -2.25. The monoisotopic (exact) mass is 436 g/mol. The molecule has 3 aromatic rings. The summed E-state index contributed by atoms with van der Waals surface area (Å²) in [6.45, 7) is 4.78. The van der Waals surface area contributed by atoms with Crippen molar-refractivity contribution < 1.29 is 14.6 Å². The lowest BCUT2D eigenvalue weighted by atomic mass is 10.1. The van der Waals surface area contributed by atoms with Gasteiger partial charge in [0.1, 0.15) is 0 Å². The van der Waals surface area contributed by atoms with Crippen molar-refractivity contribution in [3.63, 3.8) is 0 Å². The Balaban J connectivity index is 1.52. The summed E-state index contributed by atoms with van der Waals surface area (Å²) in [5.74, 6) is 2.75. The van der Waals surface area contributed by atoms with Crippen molar-refractivity contribution in [2.24, 2.45) is 0 Å². The average molecular weight is 437 g/mol. The van der Waals surface area contributed by atoms with Gasteiger partial charge in [-0.05, 0) is 36.6 Å². The number of nitrogens with one attached hydrogen (secondary N) is 3. The van der Waals surface area contributed by atoms with E-state index in [9.17, 15) is 5.11 Å². The topological polar surface area (TPSA) is 113 Å². The first-order valence-electron chi connectivity index (χ1n) is 10.7. The fourth-order valence-corrected chi connectivity index (χ4v) is 3.29. The van der Waals surface area contributed by atoms with Crippen molar-refractivity contribution in [3.8, 4) is 11.5 Å². The molecule has 1 aromatic heterocycles. The number of fused-ring (bicyclic) bond motifs is 1. The molecule has 0 radical (unpaired) electrons. The number of hydrogen-bond donors (Lipinski definition) is 4. The zero-order valence-electron chi connectivity index (χ0n) is 18.2. The Bertz CT molecular complexity index is 1030. The van der Waals surface area contributed by atoms with Crippen LogP contribution >= 0.6 is 0 Å². The van der Waals surface area contributed by atoms with E-state index in [4.69, 9.17) is 9.47 Å². The van der Waals surface area contributed by atoms with Gasteiger partial charge in [0.15, 0.2) is 11.5 Å². The van der Waals surface area contributed by atoms with Gasteiger partial charge in [-0.2, -0.15) is 15.0 Å². The molecule has 0 bridgehead atoms. The lowest BCUT2D eigenvalue weighted by molar-refractivity contribution is 0.174. The van der Waals surface area contributed by atoms with Gasteiger partial charge in [0.2, 0.25) is 24.6 Å². The predicted octanol–water partition coefficient (Wildman–Crippen LogP) is 3.57. The van der Waals surface area contributed by atoms with Gasteiger partial charge in [0, 0.05) is 6.54 Å². The fraction of sp³-hybridized carbons (Fsp3) is 0.348. The van der Waals surface area contributed by atoms with E-state index in [1.165, 1.54) is 0 Å². The molecule has 0 saturated heterocycles. The van der Waals surface area contributed by atoms with E-state index in [1.807, 2.05) is 43.3 Å². The predicted molar refractivity (Wildman–Crippen MR) is 123 cm³/mol. The highest BCUT2D eigenvalue weighted by Crippen LogP contribution is 2.32. The van der Waals surface area contributed by atoms with Crippen LogP contribution in [0, 0.1) is 0 Å². The number of hydrogen-bond acceptors (Lipinski definition) is 9. The van der Waals surface area contributed by atoms with Crippen LogP contribution in [0.5, 0.6) is 11.5 Å². The summed E-state index contributed by atoms with van der Waals surface area (Å²) in [5, 5.41) is 19.3. The number of anilines is 3. The molecule has 0 saturated carbocycles. The Kier molecular flexibility index (Phi) is 6.86. The number of benzene rings is 2. The second-order valence-electron chi connectivity index (χ2n) is 7.56. The molecular formula is C23H28N6O3. The zero-order chi connectivity index (χ0) is 22.3. The van der Waals surface area contributed by atoms with Crippen LogP contribution in [-0.2, 0) is 6.54 Å². The third-order valence-electron chi connectivity index (χ3n) is 5.21. The van der Waals surface area contributed by atoms with Gasteiger partial charge in [0.25, 0.3) is 0 Å². The molecule has 9 nitrogen and oxygen atoms in total. The van der Waals surface area contributed by atoms with Gasteiger partial charge in [-0.3, -0.25) is 0 Å². The Morgan fingerprint density at radius 2 is 1.66 bits per heavy atom. The molecule has 1 aliphatic rings. The minimum Gasteiger partial charge on any atom is -0.454 e. The minimum atomic E-state index is -0.140. The lowest BCUT2D eigenvalue weighted by Gasteiger charge is -2.18. The molecule has 1 unspecified atom stereocenters. The van der Waals surface area contributed by atoms with Gasteiger partial charge < -0.3 is 30.5 Å². The molecule has 2 heterocycles. The molecule has 168 valence electrons. The smallest absolute Gasteiger partial charge is 0.231 e. The maximum atomic E-state index is 9.56. The Morgan fingerprint density at radius 1 is 0.938 bits per heavy atom. The van der Waals surface area contributed by atoms with Crippen LogP contribution in [-0.4, -0.2) is 39.5 Å². The summed E-state index contributed by atoms with van der Waals surface area (Å²) < 4.78 is 10.8. The molecule has 32 heavy (non-hydrogen) atoms. The third-order valence-corrected chi connectivity index (χ3v) is 5.21. The van der Waals surface area contributed by atoms with E-state index in [0.29, 0.717) is 24.4 Å². The van der Waals surface area contributed by atoms with Crippen LogP contribution in [0.1, 0.15) is 37.4 Å². The third kappa shape index (κ3) is 5.36. The van der Waals surface area contributed by atoms with Crippen LogP contribution < -0.4 is 25.4 Å². The highest BCUT2D eigenvalue weighted by molar-refractivity contribution is 5.47. The summed E-state index contributed by atoms with van der Waals surface area (Å²) in [6, 6.07) is 15.7. The molecular weight excluding hydrogens is 408 g/mol. The van der Waals surface area contributed by atoms with Crippen LogP contribution in [0.25, 0.3) is 0 Å². The maximum Gasteiger partial charge on any atom is 0.231 e. The fourth-order valence-electron chi connectivity index (χ4n) is 3.29. The van der Waals surface area contributed by atoms with Gasteiger partial charge in [-0.25, -0.2) is 0 Å². The second-order valence-corrected chi connectivity index (χ2v) is 7.56. The first-order valence-corrected chi connectivity index (χ1v) is 10.7. The van der Waals surface area contributed by atoms with Crippen molar-refractivity contribution >= 4 is 17.8 Å². The van der Waals surface area contributed by atoms with Crippen LogP contribution in [0.3, 0.4) is 0 Å². The first-order chi connectivity index (χ1) is 15.6. The molecule has 0 fully saturated rings. The molecule has 2 aromatic carbocycles. The average Bonchev–Trinajstić information content (AvgIpc) is 3.29. The SMILES string of the molecule is CC[C@H](CO)Nc1nc(NCc2ccc3c(c2)OCO3)nc(NC(C)c2ccccc2)n1. The van der Waals surface area contributed by atoms with Gasteiger partial charge in [-0.15, -0.1) is 0 Å². The number of rotatable bonds is 10. The zero-order valence-corrected chi connectivity index (χ0v) is 18.2. The molecule has 1 aliphatic heterocycles. The largest absolute Gasteiger partial charge is 0.454 e. The van der Waals surface area contributed by atoms with E-state index in [1.54, 1.807) is 0 Å². The van der Waals surface area contributed by atoms with Crippen molar-refractivity contribution in [1.82, 2.24) is 15.0 Å². The Labute approximate surface area is 187 Å². The van der Waals surface area contributed by atoms with E-state index in [0.717, 1.165) is 29.0 Å². The molecule has 4 N–H and O–H groups in total. The van der Waals surface area contributed by atoms with Gasteiger partial charge in [-0.1, -0.05) is 43.3 Å². The highest BCUT2D eigenvalue weighted by Gasteiger charge is 2.15. The highest BCUT2D eigenvalue weighted by atomic mass is 16.7. The minimum absolute atomic E-state index is 0.00738. The molecule has 0 amide bonds. The van der Waals surface area contributed by atoms with Crippen LogP contribution in [0.2, 0.25) is 0 Å². The quantitative estimate of drug-likeness (QED) is 0.379. The summed E-state index contributed by atoms with van der Waals surface area (Å²) in [4.78, 5) is 13.5. The van der Waals surface area contributed by atoms with Gasteiger partial charge in [0.05, 0.1) is 18.7 Å². The number of ether oxygens (including phenoxy) is 2. The van der Waals surface area contributed by atoms with E-state index < -0.39 is 0 Å². The number of aromatic nitrogens is 3. The normalized spacial score (nSPS) is 14.0. The van der Waals surface area contributed by atoms with Crippen LogP contribution in [0.4, 0.5) is 17.8 Å².